The van der Waals surface area contributed by atoms with Gasteiger partial charge in [-0.3, -0.25) is 8.76 Å². The molecule has 31 heavy (non-hydrogen) atoms. The van der Waals surface area contributed by atoms with E-state index in [1.807, 2.05) is 4.90 Å². The average Bonchev–Trinajstić information content (AvgIpc) is 2.64. The number of benzene rings is 1. The zero-order valence-electron chi connectivity index (χ0n) is 17.2. The molecule has 0 aliphatic carbocycles. The number of rotatable bonds is 9. The summed E-state index contributed by atoms with van der Waals surface area (Å²) in [5, 5.41) is 0.0237. The topological polar surface area (TPSA) is 146 Å². The molecule has 0 aliphatic heterocycles. The first-order valence-corrected chi connectivity index (χ1v) is 11.9. The van der Waals surface area contributed by atoms with Crippen molar-refractivity contribution in [2.45, 2.75) is 38.0 Å². The maximum Gasteiger partial charge on any atom is 1.00 e. The van der Waals surface area contributed by atoms with Crippen LogP contribution in [0.4, 0.5) is 11.6 Å². The predicted molar refractivity (Wildman–Crippen MR) is 113 cm³/mol. The van der Waals surface area contributed by atoms with Crippen LogP contribution < -0.4 is 34.5 Å². The van der Waals surface area contributed by atoms with Crippen molar-refractivity contribution >= 4 is 56.3 Å². The minimum absolute atomic E-state index is 0. The van der Waals surface area contributed by atoms with Gasteiger partial charge in [-0.2, -0.15) is 23.4 Å². The Morgan fingerprint density at radius 1 is 1.10 bits per heavy atom. The van der Waals surface area contributed by atoms with Gasteiger partial charge >= 0.3 is 40.0 Å². The third kappa shape index (κ3) is 12.4. The van der Waals surface area contributed by atoms with Crippen LogP contribution in [0.1, 0.15) is 33.1 Å². The Labute approximate surface area is 216 Å². The third-order valence-electron chi connectivity index (χ3n) is 3.40. The summed E-state index contributed by atoms with van der Waals surface area (Å²) in [6, 6.07) is 6.44. The molecule has 1 unspecified atom stereocenters. The standard InChI is InChI=1S/C14H16Cl2N4O2S.C2H6O4S.Na/c1-2-3-4-9-20(14-18-12(15)17-13(16)19-14)10-5-7-11(8-6-10)23(21)22;1-2-6-7(3,4)5;/h5-8H,2-4,9H2,1H3,(H,21,22);2H2,1H3,(H,3,4,5);/q;;+1/p-1. The number of unbranched alkanes of at least 4 members (excludes halogenated alkanes) is 2. The largest absolute Gasteiger partial charge is 1.00 e. The van der Waals surface area contributed by atoms with Crippen molar-refractivity contribution in [2.24, 2.45) is 0 Å². The number of hydrogen-bond acceptors (Lipinski definition) is 9. The molecule has 1 atom stereocenters. The Bertz CT molecular complexity index is 918. The Morgan fingerprint density at radius 3 is 2.03 bits per heavy atom. The first-order valence-electron chi connectivity index (χ1n) is 8.73. The average molecular weight is 523 g/mol. The molecule has 0 bridgehead atoms. The van der Waals surface area contributed by atoms with Crippen molar-refractivity contribution in [3.63, 3.8) is 0 Å². The van der Waals surface area contributed by atoms with E-state index < -0.39 is 21.5 Å². The van der Waals surface area contributed by atoms with Crippen LogP contribution in [0.2, 0.25) is 10.6 Å². The van der Waals surface area contributed by atoms with Crippen LogP contribution in [-0.4, -0.2) is 49.8 Å². The summed E-state index contributed by atoms with van der Waals surface area (Å²) < 4.78 is 52.6. The zero-order chi connectivity index (χ0) is 22.7. The quantitative estimate of drug-likeness (QED) is 0.214. The second-order valence-electron chi connectivity index (χ2n) is 5.60. The first kappa shape index (κ1) is 30.6. The molecule has 1 aromatic carbocycles. The van der Waals surface area contributed by atoms with E-state index in [9.17, 15) is 17.2 Å². The summed E-state index contributed by atoms with van der Waals surface area (Å²) in [6.07, 6.45) is 3.04. The third-order valence-corrected chi connectivity index (χ3v) is 4.93. The van der Waals surface area contributed by atoms with Crippen LogP contribution >= 0.6 is 23.2 Å². The van der Waals surface area contributed by atoms with Crippen LogP contribution in [0.5, 0.6) is 0 Å². The van der Waals surface area contributed by atoms with Gasteiger partial charge in [-0.1, -0.05) is 19.8 Å². The van der Waals surface area contributed by atoms with Gasteiger partial charge in [-0.05, 0) is 71.9 Å². The smallest absolute Gasteiger partial charge is 0.768 e. The van der Waals surface area contributed by atoms with Gasteiger partial charge in [0.25, 0.3) is 0 Å². The Kier molecular flexibility index (Phi) is 15.2. The van der Waals surface area contributed by atoms with E-state index in [1.54, 1.807) is 12.1 Å². The van der Waals surface area contributed by atoms with Crippen molar-refractivity contribution in [3.05, 3.63) is 34.8 Å². The molecule has 0 saturated heterocycles. The molecule has 10 nitrogen and oxygen atoms in total. The summed E-state index contributed by atoms with van der Waals surface area (Å²) in [6.45, 7) is 4.20. The number of halogens is 2. The molecule has 0 aliphatic rings. The number of nitrogens with zero attached hydrogens (tertiary/aromatic N) is 4. The monoisotopic (exact) mass is 522 g/mol. The molecule has 168 valence electrons. The van der Waals surface area contributed by atoms with Gasteiger partial charge in [-0.25, -0.2) is 4.18 Å². The van der Waals surface area contributed by atoms with Gasteiger partial charge < -0.3 is 9.45 Å². The fourth-order valence-corrected chi connectivity index (χ4v) is 3.20. The van der Waals surface area contributed by atoms with Gasteiger partial charge in [0.15, 0.2) is 0 Å². The minimum Gasteiger partial charge on any atom is -0.768 e. The van der Waals surface area contributed by atoms with Crippen molar-refractivity contribution in [1.29, 1.82) is 0 Å². The van der Waals surface area contributed by atoms with Gasteiger partial charge in [0.2, 0.25) is 16.5 Å². The van der Waals surface area contributed by atoms with Crippen LogP contribution in [0.15, 0.2) is 29.2 Å². The molecule has 2 aromatic rings. The molecular formula is C16H21Cl2N4NaO6S2. The molecule has 0 fully saturated rings. The van der Waals surface area contributed by atoms with E-state index in [1.165, 1.54) is 19.1 Å². The Balaban J connectivity index is 0.000000975. The second kappa shape index (κ2) is 15.4. The molecule has 1 N–H and O–H groups in total. The summed E-state index contributed by atoms with van der Waals surface area (Å²) in [7, 11) is -4.17. The molecule has 0 amide bonds. The van der Waals surface area contributed by atoms with Gasteiger partial charge in [0.1, 0.15) is 0 Å². The van der Waals surface area contributed by atoms with E-state index in [0.717, 1.165) is 24.9 Å². The number of hydrogen-bond donors (Lipinski definition) is 1. The van der Waals surface area contributed by atoms with Crippen LogP contribution in [0.3, 0.4) is 0 Å². The Morgan fingerprint density at radius 2 is 1.65 bits per heavy atom. The molecule has 0 radical (unpaired) electrons. The molecule has 1 aromatic heterocycles. The number of anilines is 2. The zero-order valence-corrected chi connectivity index (χ0v) is 22.3. The first-order chi connectivity index (χ1) is 14.1. The summed E-state index contributed by atoms with van der Waals surface area (Å²) in [5.74, 6) is 0.335. The van der Waals surface area contributed by atoms with E-state index in [4.69, 9.17) is 27.8 Å². The van der Waals surface area contributed by atoms with Crippen molar-refractivity contribution in [2.75, 3.05) is 18.1 Å². The maximum absolute atomic E-state index is 11.0. The van der Waals surface area contributed by atoms with Crippen molar-refractivity contribution < 1.29 is 55.5 Å². The molecular weight excluding hydrogens is 502 g/mol. The molecule has 15 heteroatoms. The van der Waals surface area contributed by atoms with Crippen LogP contribution in [-0.2, 0) is 25.7 Å². The Hall–Kier alpha value is -0.410. The van der Waals surface area contributed by atoms with Crippen molar-refractivity contribution in [3.8, 4) is 0 Å². The summed E-state index contributed by atoms with van der Waals surface area (Å²) in [5.41, 5.74) is 0.758. The van der Waals surface area contributed by atoms with E-state index in [-0.39, 0.29) is 51.6 Å². The SMILES string of the molecule is CCCCCN(c1ccc(S(=O)[O-])cc1)c1nc(Cl)nc(Cl)n1.CCOS(=O)(=O)O.[Na+]. The van der Waals surface area contributed by atoms with E-state index in [2.05, 4.69) is 26.1 Å². The van der Waals surface area contributed by atoms with Crippen LogP contribution in [0, 0.1) is 0 Å². The van der Waals surface area contributed by atoms with E-state index in [0.29, 0.717) is 12.5 Å². The van der Waals surface area contributed by atoms with Gasteiger partial charge in [-0.15, -0.1) is 0 Å². The summed E-state index contributed by atoms with van der Waals surface area (Å²) >= 11 is 9.45. The summed E-state index contributed by atoms with van der Waals surface area (Å²) in [4.78, 5) is 14.0. The van der Waals surface area contributed by atoms with Crippen LogP contribution in [0.25, 0.3) is 0 Å². The normalized spacial score (nSPS) is 11.7. The van der Waals surface area contributed by atoms with Gasteiger partial charge in [0, 0.05) is 17.1 Å². The maximum atomic E-state index is 11.0. The molecule has 1 heterocycles. The molecule has 0 spiro atoms. The minimum atomic E-state index is -4.17. The fraction of sp³-hybridized carbons (Fsp3) is 0.438. The predicted octanol–water partition coefficient (Wildman–Crippen LogP) is 0.574. The molecule has 2 rings (SSSR count). The van der Waals surface area contributed by atoms with Gasteiger partial charge in [0.05, 0.1) is 6.61 Å². The number of aromatic nitrogens is 3. The van der Waals surface area contributed by atoms with Crippen molar-refractivity contribution in [1.82, 2.24) is 15.0 Å². The fourth-order valence-electron chi connectivity index (χ4n) is 2.19. The van der Waals surface area contributed by atoms with E-state index >= 15 is 0 Å². The molecule has 0 saturated carbocycles. The second-order valence-corrected chi connectivity index (χ2v) is 8.30.